The van der Waals surface area contributed by atoms with Gasteiger partial charge in [0.2, 0.25) is 5.91 Å². The number of carbonyl (C=O) groups is 4. The van der Waals surface area contributed by atoms with E-state index >= 15 is 0 Å². The Morgan fingerprint density at radius 3 is 2.45 bits per heavy atom. The molecule has 1 N–H and O–H groups in total. The first-order valence-electron chi connectivity index (χ1n) is 10.5. The molecule has 0 spiro atoms. The molecule has 0 radical (unpaired) electrons. The van der Waals surface area contributed by atoms with Gasteiger partial charge in [0.15, 0.2) is 12.1 Å². The Labute approximate surface area is 190 Å². The van der Waals surface area contributed by atoms with Crippen molar-refractivity contribution in [1.82, 2.24) is 5.01 Å². The number of esters is 1. The molecule has 0 saturated carbocycles. The van der Waals surface area contributed by atoms with Gasteiger partial charge in [-0.15, -0.1) is 0 Å². The highest BCUT2D eigenvalue weighted by molar-refractivity contribution is 6.25. The van der Waals surface area contributed by atoms with E-state index in [2.05, 4.69) is 15.7 Å². The largest absolute Gasteiger partial charge is 0.462 e. The number of imide groups is 1. The predicted octanol–water partition coefficient (Wildman–Crippen LogP) is 2.41. The minimum absolute atomic E-state index is 0.200. The number of anilines is 2. The first kappa shape index (κ1) is 22.1. The fourth-order valence-electron chi connectivity index (χ4n) is 4.00. The van der Waals surface area contributed by atoms with Crippen molar-refractivity contribution in [3.63, 3.8) is 0 Å². The molecule has 0 bridgehead atoms. The molecule has 170 valence electrons. The summed E-state index contributed by atoms with van der Waals surface area (Å²) >= 11 is 0. The molecule has 3 amide bonds. The van der Waals surface area contributed by atoms with Gasteiger partial charge in [0.1, 0.15) is 6.54 Å². The van der Waals surface area contributed by atoms with E-state index in [1.54, 1.807) is 43.3 Å². The first-order valence-corrected chi connectivity index (χ1v) is 10.5. The van der Waals surface area contributed by atoms with Crippen LogP contribution in [-0.4, -0.2) is 53.9 Å². The van der Waals surface area contributed by atoms with Gasteiger partial charge in [-0.2, -0.15) is 5.11 Å². The van der Waals surface area contributed by atoms with Gasteiger partial charge in [0.05, 0.1) is 23.5 Å². The number of ether oxygens (including phenoxy) is 1. The Bertz CT molecular complexity index is 1160. The van der Waals surface area contributed by atoms with Crippen molar-refractivity contribution in [2.24, 2.45) is 10.3 Å². The van der Waals surface area contributed by atoms with Crippen LogP contribution >= 0.6 is 0 Å². The zero-order chi connectivity index (χ0) is 23.7. The van der Waals surface area contributed by atoms with E-state index in [0.717, 1.165) is 16.0 Å². The summed E-state index contributed by atoms with van der Waals surface area (Å²) < 4.78 is 5.01. The van der Waals surface area contributed by atoms with E-state index in [1.807, 2.05) is 19.9 Å². The summed E-state index contributed by atoms with van der Waals surface area (Å²) in [6, 6.07) is 9.90. The number of aryl methyl sites for hydroxylation is 2. The molecule has 0 aliphatic carbocycles. The van der Waals surface area contributed by atoms with Crippen LogP contribution < -0.4 is 10.2 Å². The molecule has 2 aromatic carbocycles. The first-order chi connectivity index (χ1) is 15.8. The van der Waals surface area contributed by atoms with Crippen LogP contribution in [0.5, 0.6) is 0 Å². The fourth-order valence-corrected chi connectivity index (χ4v) is 4.00. The number of nitrogens with one attached hydrogen (secondary N) is 1. The maximum Gasteiger partial charge on any atom is 0.340 e. The Kier molecular flexibility index (Phi) is 5.91. The molecule has 0 aromatic heterocycles. The number of amides is 3. The molecular weight excluding hydrogens is 426 g/mol. The molecule has 10 nitrogen and oxygen atoms in total. The van der Waals surface area contributed by atoms with Gasteiger partial charge in [-0.05, 0) is 56.2 Å². The molecule has 2 atom stereocenters. The van der Waals surface area contributed by atoms with Gasteiger partial charge in [-0.1, -0.05) is 23.4 Å². The lowest BCUT2D eigenvalue weighted by Crippen LogP contribution is -2.43. The summed E-state index contributed by atoms with van der Waals surface area (Å²) in [6.45, 7) is 5.34. The van der Waals surface area contributed by atoms with Crippen molar-refractivity contribution in [2.75, 3.05) is 23.4 Å². The van der Waals surface area contributed by atoms with Gasteiger partial charge >= 0.3 is 5.97 Å². The highest BCUT2D eigenvalue weighted by atomic mass is 16.5. The maximum atomic E-state index is 13.1. The van der Waals surface area contributed by atoms with Gasteiger partial charge in [-0.25, -0.2) is 9.69 Å². The standard InChI is InChI=1S/C23H23N5O5/c1-4-33-23(32)16-7-5-6-8-17(16)24-18(29)12-27-20-19(25-26-27)21(30)28(22(20)31)15-10-13(2)9-14(3)11-15/h5-11,19-20H,4,12H2,1-3H3,(H,24,29)/t19-,20+/m0/s1. The van der Waals surface area contributed by atoms with Crippen LogP contribution in [0, 0.1) is 13.8 Å². The molecular formula is C23H23N5O5. The number of para-hydroxylation sites is 1. The third kappa shape index (κ3) is 4.19. The monoisotopic (exact) mass is 449 g/mol. The molecule has 1 saturated heterocycles. The van der Waals surface area contributed by atoms with Crippen molar-refractivity contribution < 1.29 is 23.9 Å². The molecule has 2 heterocycles. The van der Waals surface area contributed by atoms with Crippen molar-refractivity contribution in [2.45, 2.75) is 32.9 Å². The quantitative estimate of drug-likeness (QED) is 0.534. The van der Waals surface area contributed by atoms with Crippen molar-refractivity contribution in [1.29, 1.82) is 0 Å². The Morgan fingerprint density at radius 2 is 1.76 bits per heavy atom. The molecule has 4 rings (SSSR count). The second kappa shape index (κ2) is 8.81. The number of hydrogen-bond donors (Lipinski definition) is 1. The molecule has 2 aromatic rings. The van der Waals surface area contributed by atoms with Crippen molar-refractivity contribution in [3.8, 4) is 0 Å². The third-order valence-corrected chi connectivity index (χ3v) is 5.32. The van der Waals surface area contributed by atoms with Crippen LogP contribution in [0.4, 0.5) is 11.4 Å². The zero-order valence-corrected chi connectivity index (χ0v) is 18.4. The van der Waals surface area contributed by atoms with Gasteiger partial charge in [-0.3, -0.25) is 19.4 Å². The lowest BCUT2D eigenvalue weighted by Gasteiger charge is -2.21. The van der Waals surface area contributed by atoms with Gasteiger partial charge in [0.25, 0.3) is 11.8 Å². The average molecular weight is 449 g/mol. The molecule has 1 fully saturated rings. The molecule has 10 heteroatoms. The van der Waals surface area contributed by atoms with E-state index in [0.29, 0.717) is 5.69 Å². The highest BCUT2D eigenvalue weighted by Crippen LogP contribution is 2.32. The van der Waals surface area contributed by atoms with Crippen LogP contribution in [0.1, 0.15) is 28.4 Å². The average Bonchev–Trinajstić information content (AvgIpc) is 3.27. The molecule has 33 heavy (non-hydrogen) atoms. The number of hydrogen-bond acceptors (Lipinski definition) is 8. The number of fused-ring (bicyclic) bond motifs is 1. The number of rotatable bonds is 6. The summed E-state index contributed by atoms with van der Waals surface area (Å²) in [5, 5.41) is 11.7. The summed E-state index contributed by atoms with van der Waals surface area (Å²) in [5.74, 6) is -2.04. The Balaban J connectivity index is 1.50. The van der Waals surface area contributed by atoms with E-state index in [-0.39, 0.29) is 24.4 Å². The summed E-state index contributed by atoms with van der Waals surface area (Å²) in [5.41, 5.74) is 2.79. The predicted molar refractivity (Wildman–Crippen MR) is 119 cm³/mol. The van der Waals surface area contributed by atoms with Gasteiger partial charge < -0.3 is 10.1 Å². The Morgan fingerprint density at radius 1 is 1.06 bits per heavy atom. The number of benzene rings is 2. The van der Waals surface area contributed by atoms with Crippen LogP contribution in [0.25, 0.3) is 0 Å². The van der Waals surface area contributed by atoms with Crippen LogP contribution in [-0.2, 0) is 19.1 Å². The van der Waals surface area contributed by atoms with E-state index in [4.69, 9.17) is 4.74 Å². The minimum Gasteiger partial charge on any atom is -0.462 e. The number of nitrogens with zero attached hydrogens (tertiary/aromatic N) is 4. The summed E-state index contributed by atoms with van der Waals surface area (Å²) in [7, 11) is 0. The lowest BCUT2D eigenvalue weighted by atomic mass is 10.1. The summed E-state index contributed by atoms with van der Waals surface area (Å²) in [6.07, 6.45) is 0. The number of carbonyl (C=O) groups excluding carboxylic acids is 4. The summed E-state index contributed by atoms with van der Waals surface area (Å²) in [4.78, 5) is 52.0. The third-order valence-electron chi connectivity index (χ3n) is 5.32. The van der Waals surface area contributed by atoms with Crippen LogP contribution in [0.3, 0.4) is 0 Å². The highest BCUT2D eigenvalue weighted by Gasteiger charge is 2.55. The normalized spacial score (nSPS) is 19.1. The lowest BCUT2D eigenvalue weighted by molar-refractivity contribution is -0.123. The van der Waals surface area contributed by atoms with Crippen molar-refractivity contribution in [3.05, 3.63) is 59.2 Å². The molecule has 2 aliphatic heterocycles. The molecule has 0 unspecified atom stereocenters. The zero-order valence-electron chi connectivity index (χ0n) is 18.4. The maximum absolute atomic E-state index is 13.1. The van der Waals surface area contributed by atoms with Crippen molar-refractivity contribution >= 4 is 35.1 Å². The second-order valence-electron chi connectivity index (χ2n) is 7.86. The topological polar surface area (TPSA) is 121 Å². The van der Waals surface area contributed by atoms with E-state index in [1.165, 1.54) is 5.01 Å². The van der Waals surface area contributed by atoms with Crippen LogP contribution in [0.15, 0.2) is 52.8 Å². The SMILES string of the molecule is CCOC(=O)c1ccccc1NC(=O)CN1N=N[C@@H]2C(=O)N(c3cc(C)cc(C)c3)C(=O)[C@@H]21. The molecule has 2 aliphatic rings. The second-order valence-corrected chi connectivity index (χ2v) is 7.86. The Hall–Kier alpha value is -4.08. The fraction of sp³-hybridized carbons (Fsp3) is 0.304. The van der Waals surface area contributed by atoms with E-state index in [9.17, 15) is 19.2 Å². The minimum atomic E-state index is -1.00. The van der Waals surface area contributed by atoms with Gasteiger partial charge in [0, 0.05) is 0 Å². The van der Waals surface area contributed by atoms with Crippen LogP contribution in [0.2, 0.25) is 0 Å². The van der Waals surface area contributed by atoms with E-state index < -0.39 is 35.8 Å². The smallest absolute Gasteiger partial charge is 0.340 e.